The molecule has 2 aliphatic rings. The molecule has 1 aliphatic heterocycles. The lowest BCUT2D eigenvalue weighted by atomic mass is 9.84. The van der Waals surface area contributed by atoms with Gasteiger partial charge in [0.25, 0.3) is 0 Å². The number of methoxy groups -OCH3 is 2. The van der Waals surface area contributed by atoms with Crippen LogP contribution in [0.3, 0.4) is 0 Å². The van der Waals surface area contributed by atoms with Gasteiger partial charge < -0.3 is 35.0 Å². The molecule has 4 N–H and O–H groups in total. The Bertz CT molecular complexity index is 2360. The third kappa shape index (κ3) is 8.64. The Kier molecular flexibility index (Phi) is 12.0. The number of ether oxygens (including phenoxy) is 2. The second-order valence-corrected chi connectivity index (χ2v) is 16.4. The molecular formula is C46H53N7O6. The summed E-state index contributed by atoms with van der Waals surface area (Å²) in [4.78, 5) is 69.5. The van der Waals surface area contributed by atoms with Gasteiger partial charge in [-0.3, -0.25) is 9.59 Å². The van der Waals surface area contributed by atoms with Crippen LogP contribution < -0.4 is 10.6 Å². The molecular weight excluding hydrogens is 747 g/mol. The van der Waals surface area contributed by atoms with Crippen LogP contribution in [0.25, 0.3) is 44.4 Å². The van der Waals surface area contributed by atoms with Gasteiger partial charge in [0, 0.05) is 23.9 Å². The van der Waals surface area contributed by atoms with Crippen molar-refractivity contribution in [2.45, 2.75) is 77.4 Å². The second kappa shape index (κ2) is 17.3. The summed E-state index contributed by atoms with van der Waals surface area (Å²) in [5, 5.41) is 7.61. The van der Waals surface area contributed by atoms with Gasteiger partial charge in [-0.1, -0.05) is 88.4 Å². The first-order valence-corrected chi connectivity index (χ1v) is 20.3. The number of aromatic amines is 2. The topological polar surface area (TPSA) is 171 Å². The Balaban J connectivity index is 1.03. The van der Waals surface area contributed by atoms with Crippen molar-refractivity contribution >= 4 is 34.6 Å². The molecule has 5 atom stereocenters. The third-order valence-electron chi connectivity index (χ3n) is 11.8. The Morgan fingerprint density at radius 1 is 0.729 bits per heavy atom. The predicted octanol–water partition coefficient (Wildman–Crippen LogP) is 8.33. The van der Waals surface area contributed by atoms with Gasteiger partial charge >= 0.3 is 12.2 Å². The van der Waals surface area contributed by atoms with Crippen LogP contribution in [0.5, 0.6) is 0 Å². The Morgan fingerprint density at radius 3 is 1.92 bits per heavy atom. The van der Waals surface area contributed by atoms with E-state index in [9.17, 15) is 19.2 Å². The highest BCUT2D eigenvalue weighted by Gasteiger charge is 2.42. The van der Waals surface area contributed by atoms with Gasteiger partial charge in [0.05, 0.1) is 50.1 Å². The average Bonchev–Trinajstić information content (AvgIpc) is 4.08. The van der Waals surface area contributed by atoms with E-state index in [-0.39, 0.29) is 41.4 Å². The van der Waals surface area contributed by atoms with E-state index in [1.165, 1.54) is 14.2 Å². The number of aromatic nitrogens is 4. The van der Waals surface area contributed by atoms with Crippen molar-refractivity contribution in [1.82, 2.24) is 35.5 Å². The smallest absolute Gasteiger partial charge is 0.407 e. The van der Waals surface area contributed by atoms with Crippen LogP contribution in [0.1, 0.15) is 77.0 Å². The molecule has 3 aromatic carbocycles. The molecule has 1 saturated heterocycles. The molecule has 5 aromatic rings. The molecule has 3 amide bonds. The van der Waals surface area contributed by atoms with Gasteiger partial charge in [-0.2, -0.15) is 0 Å². The van der Waals surface area contributed by atoms with E-state index in [2.05, 4.69) is 87.8 Å². The number of nitrogens with one attached hydrogen (secondary N) is 4. The van der Waals surface area contributed by atoms with Crippen molar-refractivity contribution in [2.75, 3.05) is 20.8 Å². The number of carbonyl (C=O) groups is 4. The number of imidazole rings is 2. The number of hydrogen-bond acceptors (Lipinski definition) is 8. The largest absolute Gasteiger partial charge is 0.453 e. The minimum absolute atomic E-state index is 0.0349. The zero-order valence-corrected chi connectivity index (χ0v) is 34.5. The highest BCUT2D eigenvalue weighted by atomic mass is 16.5. The fourth-order valence-electron chi connectivity index (χ4n) is 8.51. The number of H-pyrrole nitrogens is 2. The van der Waals surface area contributed by atoms with Gasteiger partial charge in [0.2, 0.25) is 5.91 Å². The fraction of sp³-hybridized carbons (Fsp3) is 0.391. The van der Waals surface area contributed by atoms with E-state index in [1.54, 1.807) is 0 Å². The van der Waals surface area contributed by atoms with E-state index < -0.39 is 24.3 Å². The van der Waals surface area contributed by atoms with Crippen LogP contribution in [-0.2, 0) is 19.1 Å². The summed E-state index contributed by atoms with van der Waals surface area (Å²) in [5.41, 5.74) is 6.85. The summed E-state index contributed by atoms with van der Waals surface area (Å²) < 4.78 is 9.55. The second-order valence-electron chi connectivity index (χ2n) is 16.4. The van der Waals surface area contributed by atoms with Crippen LogP contribution in [0.4, 0.5) is 9.59 Å². The Hall–Kier alpha value is -6.24. The number of alkyl carbamates (subject to hydrolysis) is 2. The zero-order chi connectivity index (χ0) is 42.0. The number of nitrogens with zero attached hydrogens (tertiary/aromatic N) is 3. The first-order chi connectivity index (χ1) is 28.3. The van der Waals surface area contributed by atoms with Crippen LogP contribution >= 0.6 is 0 Å². The molecule has 1 unspecified atom stereocenters. The number of benzene rings is 3. The van der Waals surface area contributed by atoms with Crippen LogP contribution in [0.2, 0.25) is 0 Å². The summed E-state index contributed by atoms with van der Waals surface area (Å²) in [5.74, 6) is 0.572. The van der Waals surface area contributed by atoms with Gasteiger partial charge in [-0.15, -0.1) is 0 Å². The maximum atomic E-state index is 13.7. The number of likely N-dealkylation sites (tertiary alicyclic amines) is 1. The lowest BCUT2D eigenvalue weighted by Gasteiger charge is -2.30. The number of fused-ring (bicyclic) bond motifs is 1. The van der Waals surface area contributed by atoms with Crippen molar-refractivity contribution in [3.05, 3.63) is 96.9 Å². The molecule has 1 saturated carbocycles. The van der Waals surface area contributed by atoms with Gasteiger partial charge in [0.15, 0.2) is 5.78 Å². The fourth-order valence-corrected chi connectivity index (χ4v) is 8.51. The van der Waals surface area contributed by atoms with Crippen LogP contribution in [0.15, 0.2) is 85.2 Å². The molecule has 0 bridgehead atoms. The van der Waals surface area contributed by atoms with Crippen LogP contribution in [0, 0.1) is 17.8 Å². The summed E-state index contributed by atoms with van der Waals surface area (Å²) in [6.07, 6.45) is 5.22. The van der Waals surface area contributed by atoms with E-state index >= 15 is 0 Å². The van der Waals surface area contributed by atoms with Gasteiger partial charge in [-0.05, 0) is 77.1 Å². The monoisotopic (exact) mass is 799 g/mol. The van der Waals surface area contributed by atoms with Gasteiger partial charge in [0.1, 0.15) is 17.7 Å². The molecule has 2 fully saturated rings. The number of rotatable bonds is 12. The van der Waals surface area contributed by atoms with Crippen molar-refractivity contribution in [1.29, 1.82) is 0 Å². The molecule has 1 aliphatic carbocycles. The molecule has 7 rings (SSSR count). The molecule has 59 heavy (non-hydrogen) atoms. The van der Waals surface area contributed by atoms with E-state index in [1.807, 2.05) is 45.0 Å². The number of ketones is 1. The van der Waals surface area contributed by atoms with E-state index in [0.29, 0.717) is 19.4 Å². The maximum absolute atomic E-state index is 13.7. The van der Waals surface area contributed by atoms with Crippen LogP contribution in [-0.4, -0.2) is 81.6 Å². The Labute approximate surface area is 344 Å². The molecule has 13 heteroatoms. The van der Waals surface area contributed by atoms with E-state index in [0.717, 1.165) is 74.5 Å². The molecule has 0 spiro atoms. The number of hydrogen-bond donors (Lipinski definition) is 4. The number of amides is 3. The highest BCUT2D eigenvalue weighted by Crippen LogP contribution is 2.43. The first kappa shape index (κ1) is 40.9. The summed E-state index contributed by atoms with van der Waals surface area (Å²) in [6, 6.07) is 19.5. The summed E-state index contributed by atoms with van der Waals surface area (Å²) in [6.45, 7) is 12.4. The normalized spacial score (nSPS) is 18.9. The first-order valence-electron chi connectivity index (χ1n) is 20.3. The molecule has 0 radical (unpaired) electrons. The summed E-state index contributed by atoms with van der Waals surface area (Å²) >= 11 is 0. The molecule has 2 aromatic heterocycles. The number of allylic oxidation sites excluding steroid dienone is 1. The minimum atomic E-state index is -0.690. The number of Topliss-reactive ketones (excluding diaryl/α,β-unsaturated/α-hetero) is 1. The third-order valence-corrected chi connectivity index (χ3v) is 11.8. The van der Waals surface area contributed by atoms with Gasteiger partial charge in [-0.25, -0.2) is 19.6 Å². The lowest BCUT2D eigenvalue weighted by molar-refractivity contribution is -0.135. The lowest BCUT2D eigenvalue weighted by Crippen LogP contribution is -2.51. The van der Waals surface area contributed by atoms with Crippen molar-refractivity contribution in [2.24, 2.45) is 17.8 Å². The SMILES string of the molecule is C=C1CC(C(=O)[C@@H](NC(=O)OC)C(C)C)[C@H](c2ncc(-c3ccc(-c4ccc5cc(-c6cnc([C@@H]7CCCN7C(=O)[C@@H](NC(=O)OC)C(C)C)[nH]6)ccc5c4)cc3)[nH]2)C1. The summed E-state index contributed by atoms with van der Waals surface area (Å²) in [7, 11) is 2.58. The quantitative estimate of drug-likeness (QED) is 0.0913. The zero-order valence-electron chi connectivity index (χ0n) is 34.5. The molecule has 3 heterocycles. The highest BCUT2D eigenvalue weighted by molar-refractivity contribution is 5.92. The standard InChI is InChI=1S/C46H53N7O6/c1-25(2)39(51-45(56)58-6)41(54)34-19-27(5)20-35(34)42-47-23-36(49-42)29-12-10-28(11-13-29)30-14-15-32-22-33(17-16-31(32)21-30)37-24-48-43(50-37)38-9-8-18-53(38)44(55)40(26(3)4)52-46(57)59-7/h10-17,21-26,34-35,38-40H,5,8-9,18-20H2,1-4,6-7H3,(H,47,49)(H,48,50)(H,51,56)(H,52,57)/t34?,35-,38+,39+,40+/m1/s1. The predicted molar refractivity (Wildman–Crippen MR) is 226 cm³/mol. The van der Waals surface area contributed by atoms with Crippen molar-refractivity contribution in [3.8, 4) is 33.6 Å². The number of carbonyl (C=O) groups excluding carboxylic acids is 4. The van der Waals surface area contributed by atoms with Crippen molar-refractivity contribution in [3.63, 3.8) is 0 Å². The minimum Gasteiger partial charge on any atom is -0.453 e. The maximum Gasteiger partial charge on any atom is 0.407 e. The van der Waals surface area contributed by atoms with Crippen molar-refractivity contribution < 1.29 is 28.7 Å². The Morgan fingerprint density at radius 2 is 1.27 bits per heavy atom. The molecule has 13 nitrogen and oxygen atoms in total. The van der Waals surface area contributed by atoms with E-state index in [4.69, 9.17) is 19.4 Å². The molecule has 308 valence electrons. The average molecular weight is 800 g/mol.